The second kappa shape index (κ2) is 2.69. The molecule has 1 aromatic rings. The number of benzene rings is 1. The van der Waals surface area contributed by atoms with Gasteiger partial charge >= 0.3 is 0 Å². The van der Waals surface area contributed by atoms with E-state index >= 15 is 0 Å². The summed E-state index contributed by atoms with van der Waals surface area (Å²) in [6.45, 7) is 5.96. The third-order valence-electron chi connectivity index (χ3n) is 1.38. The molecule has 9 heavy (non-hydrogen) atoms. The summed E-state index contributed by atoms with van der Waals surface area (Å²) >= 11 is 2.31. The van der Waals surface area contributed by atoms with Crippen LogP contribution in [-0.2, 0) is 0 Å². The van der Waals surface area contributed by atoms with E-state index in [1.165, 1.54) is 9.13 Å². The molecule has 0 nitrogen and oxygen atoms in total. The lowest BCUT2D eigenvalue weighted by molar-refractivity contribution is 1.38. The Labute approximate surface area is 69.4 Å². The van der Waals surface area contributed by atoms with Gasteiger partial charge < -0.3 is 0 Å². The Bertz CT molecular complexity index is 196. The lowest BCUT2D eigenvalue weighted by Crippen LogP contribution is -1.82. The monoisotopic (exact) mass is 231 g/mol. The van der Waals surface area contributed by atoms with E-state index < -0.39 is 0 Å². The molecule has 0 spiro atoms. The van der Waals surface area contributed by atoms with Crippen molar-refractivity contribution in [3.8, 4) is 0 Å². The average Bonchev–Trinajstić information content (AvgIpc) is 1.83. The van der Waals surface area contributed by atoms with Crippen molar-refractivity contribution in [1.82, 2.24) is 0 Å². The normalized spacial score (nSPS) is 9.67. The van der Waals surface area contributed by atoms with Gasteiger partial charge in [0.25, 0.3) is 0 Å². The molecule has 0 atom stereocenters. The van der Waals surface area contributed by atoms with E-state index in [0.717, 1.165) is 5.56 Å². The Balaban J connectivity index is 3.25. The first-order valence-electron chi connectivity index (χ1n) is 2.79. The summed E-state index contributed by atoms with van der Waals surface area (Å²) in [6.07, 6.45) is 0. The lowest BCUT2D eigenvalue weighted by Gasteiger charge is -1.99. The van der Waals surface area contributed by atoms with Crippen LogP contribution in [0, 0.1) is 17.4 Å². The molecule has 1 aromatic carbocycles. The summed E-state index contributed by atoms with van der Waals surface area (Å²) in [6, 6.07) is 6.14. The predicted molar refractivity (Wildman–Crippen MR) is 48.4 cm³/mol. The van der Waals surface area contributed by atoms with Crippen molar-refractivity contribution >= 4 is 22.6 Å². The summed E-state index contributed by atoms with van der Waals surface area (Å²) in [7, 11) is 0. The topological polar surface area (TPSA) is 0 Å². The SMILES string of the molecule is [CH2]c1cccc(I)c1C. The fraction of sp³-hybridized carbons (Fsp3) is 0.125. The maximum absolute atomic E-state index is 3.88. The molecule has 0 N–H and O–H groups in total. The van der Waals surface area contributed by atoms with Crippen LogP contribution in [0.5, 0.6) is 0 Å². The van der Waals surface area contributed by atoms with E-state index in [9.17, 15) is 0 Å². The van der Waals surface area contributed by atoms with Gasteiger partial charge in [-0.15, -0.1) is 0 Å². The molecule has 0 bridgehead atoms. The predicted octanol–water partition coefficient (Wildman–Crippen LogP) is 2.78. The van der Waals surface area contributed by atoms with Gasteiger partial charge in [-0.05, 0) is 53.6 Å². The number of hydrogen-bond acceptors (Lipinski definition) is 0. The molecule has 1 heteroatoms. The van der Waals surface area contributed by atoms with Gasteiger partial charge in [-0.2, -0.15) is 0 Å². The van der Waals surface area contributed by atoms with Gasteiger partial charge in [-0.25, -0.2) is 0 Å². The largest absolute Gasteiger partial charge is 0.0609 e. The first-order chi connectivity index (χ1) is 4.22. The molecule has 0 aliphatic carbocycles. The van der Waals surface area contributed by atoms with Crippen molar-refractivity contribution in [3.05, 3.63) is 39.8 Å². The molecule has 47 valence electrons. The molecule has 1 radical (unpaired) electrons. The fourth-order valence-electron chi connectivity index (χ4n) is 0.652. The quantitative estimate of drug-likeness (QED) is 0.602. The Morgan fingerprint density at radius 1 is 1.44 bits per heavy atom. The average molecular weight is 231 g/mol. The van der Waals surface area contributed by atoms with Gasteiger partial charge in [0.2, 0.25) is 0 Å². The molecule has 0 unspecified atom stereocenters. The summed E-state index contributed by atoms with van der Waals surface area (Å²) in [5, 5.41) is 0. The molecule has 0 heterocycles. The minimum atomic E-state index is 1.13. The van der Waals surface area contributed by atoms with Crippen LogP contribution in [0.4, 0.5) is 0 Å². The number of rotatable bonds is 0. The Morgan fingerprint density at radius 3 is 2.56 bits per heavy atom. The zero-order chi connectivity index (χ0) is 6.85. The van der Waals surface area contributed by atoms with Crippen LogP contribution < -0.4 is 0 Å². The Morgan fingerprint density at radius 2 is 2.11 bits per heavy atom. The number of hydrogen-bond donors (Lipinski definition) is 0. The lowest BCUT2D eigenvalue weighted by atomic mass is 10.1. The van der Waals surface area contributed by atoms with Gasteiger partial charge in [0, 0.05) is 3.57 Å². The number of halogens is 1. The summed E-state index contributed by atoms with van der Waals surface area (Å²) in [5.41, 5.74) is 2.42. The van der Waals surface area contributed by atoms with Crippen molar-refractivity contribution in [2.75, 3.05) is 0 Å². The van der Waals surface area contributed by atoms with E-state index in [1.807, 2.05) is 12.1 Å². The molecule has 0 saturated carbocycles. The van der Waals surface area contributed by atoms with Crippen LogP contribution in [0.3, 0.4) is 0 Å². The van der Waals surface area contributed by atoms with Gasteiger partial charge in [-0.3, -0.25) is 0 Å². The van der Waals surface area contributed by atoms with Gasteiger partial charge in [-0.1, -0.05) is 12.1 Å². The molecule has 0 saturated heterocycles. The Hall–Kier alpha value is -0.0500. The summed E-state index contributed by atoms with van der Waals surface area (Å²) < 4.78 is 1.29. The smallest absolute Gasteiger partial charge is 0.0162 e. The molecule has 0 amide bonds. The van der Waals surface area contributed by atoms with Crippen molar-refractivity contribution < 1.29 is 0 Å². The summed E-state index contributed by atoms with van der Waals surface area (Å²) in [4.78, 5) is 0. The highest BCUT2D eigenvalue weighted by molar-refractivity contribution is 14.1. The third kappa shape index (κ3) is 1.45. The molecule has 0 fully saturated rings. The highest BCUT2D eigenvalue weighted by Crippen LogP contribution is 2.13. The second-order valence-corrected chi connectivity index (χ2v) is 3.19. The molecular formula is C8H8I. The summed E-state index contributed by atoms with van der Waals surface area (Å²) in [5.74, 6) is 0. The van der Waals surface area contributed by atoms with Crippen LogP contribution in [0.1, 0.15) is 11.1 Å². The standard InChI is InChI=1S/C8H8I/c1-6-4-3-5-8(9)7(6)2/h3-5H,1H2,2H3. The minimum Gasteiger partial charge on any atom is -0.0609 e. The van der Waals surface area contributed by atoms with Crippen molar-refractivity contribution in [2.24, 2.45) is 0 Å². The van der Waals surface area contributed by atoms with E-state index in [4.69, 9.17) is 0 Å². The van der Waals surface area contributed by atoms with Crippen LogP contribution in [0.15, 0.2) is 18.2 Å². The maximum Gasteiger partial charge on any atom is 0.0162 e. The van der Waals surface area contributed by atoms with Crippen molar-refractivity contribution in [2.45, 2.75) is 6.92 Å². The van der Waals surface area contributed by atoms with E-state index in [-0.39, 0.29) is 0 Å². The molecule has 0 aromatic heterocycles. The maximum atomic E-state index is 3.88. The highest BCUT2D eigenvalue weighted by atomic mass is 127. The fourth-order valence-corrected chi connectivity index (χ4v) is 1.21. The van der Waals surface area contributed by atoms with E-state index in [2.05, 4.69) is 42.5 Å². The zero-order valence-electron chi connectivity index (χ0n) is 5.32. The van der Waals surface area contributed by atoms with Crippen LogP contribution in [0.2, 0.25) is 0 Å². The van der Waals surface area contributed by atoms with Gasteiger partial charge in [0.15, 0.2) is 0 Å². The van der Waals surface area contributed by atoms with E-state index in [1.54, 1.807) is 0 Å². The van der Waals surface area contributed by atoms with E-state index in [0.29, 0.717) is 0 Å². The highest BCUT2D eigenvalue weighted by Gasteiger charge is 1.93. The molecule has 0 aliphatic rings. The van der Waals surface area contributed by atoms with Crippen LogP contribution >= 0.6 is 22.6 Å². The zero-order valence-corrected chi connectivity index (χ0v) is 7.47. The van der Waals surface area contributed by atoms with Crippen molar-refractivity contribution in [3.63, 3.8) is 0 Å². The second-order valence-electron chi connectivity index (χ2n) is 2.02. The first-order valence-corrected chi connectivity index (χ1v) is 3.87. The van der Waals surface area contributed by atoms with Gasteiger partial charge in [0.1, 0.15) is 0 Å². The molecular weight excluding hydrogens is 223 g/mol. The first kappa shape index (κ1) is 7.06. The molecule has 0 aliphatic heterocycles. The Kier molecular flexibility index (Phi) is 2.11. The van der Waals surface area contributed by atoms with Crippen LogP contribution in [-0.4, -0.2) is 0 Å². The van der Waals surface area contributed by atoms with Crippen molar-refractivity contribution in [1.29, 1.82) is 0 Å². The third-order valence-corrected chi connectivity index (χ3v) is 2.55. The minimum absolute atomic E-state index is 1.13. The van der Waals surface area contributed by atoms with Gasteiger partial charge in [0.05, 0.1) is 0 Å². The van der Waals surface area contributed by atoms with Crippen LogP contribution in [0.25, 0.3) is 0 Å². The molecule has 1 rings (SSSR count).